The van der Waals surface area contributed by atoms with Crippen LogP contribution in [0.3, 0.4) is 0 Å². The van der Waals surface area contributed by atoms with E-state index in [-0.39, 0.29) is 0 Å². The van der Waals surface area contributed by atoms with Crippen LogP contribution in [0.4, 0.5) is 0 Å². The number of hydrogen-bond donors (Lipinski definition) is 1. The summed E-state index contributed by atoms with van der Waals surface area (Å²) in [6.45, 7) is 1.51. The molecule has 0 aliphatic carbocycles. The van der Waals surface area contributed by atoms with Gasteiger partial charge in [-0.1, -0.05) is 6.07 Å². The van der Waals surface area contributed by atoms with E-state index in [2.05, 4.69) is 4.98 Å². The third kappa shape index (κ3) is 4.67. The summed E-state index contributed by atoms with van der Waals surface area (Å²) in [5.74, 6) is 1.37. The Bertz CT molecular complexity index is 647. The van der Waals surface area contributed by atoms with Crippen LogP contribution in [0.5, 0.6) is 11.5 Å². The van der Waals surface area contributed by atoms with E-state index in [0.29, 0.717) is 31.2 Å². The molecule has 0 saturated heterocycles. The SMILES string of the molecule is COCC(O)CN(C)Cc1csc(-c2cccc(OC)c2OC)n1. The van der Waals surface area contributed by atoms with E-state index in [1.807, 2.05) is 35.5 Å². The quantitative estimate of drug-likeness (QED) is 0.747. The smallest absolute Gasteiger partial charge is 0.170 e. The van der Waals surface area contributed by atoms with Gasteiger partial charge in [0.2, 0.25) is 0 Å². The van der Waals surface area contributed by atoms with Gasteiger partial charge in [0, 0.05) is 25.6 Å². The molecule has 0 fully saturated rings. The number of aromatic nitrogens is 1. The summed E-state index contributed by atoms with van der Waals surface area (Å²) in [7, 11) is 6.78. The largest absolute Gasteiger partial charge is 0.493 e. The number of para-hydroxylation sites is 1. The summed E-state index contributed by atoms with van der Waals surface area (Å²) < 4.78 is 15.8. The molecule has 1 atom stereocenters. The van der Waals surface area contributed by atoms with Gasteiger partial charge in [-0.3, -0.25) is 4.90 Å². The van der Waals surface area contributed by atoms with Crippen LogP contribution < -0.4 is 9.47 Å². The molecule has 0 radical (unpaired) electrons. The lowest BCUT2D eigenvalue weighted by atomic mass is 10.2. The highest BCUT2D eigenvalue weighted by atomic mass is 32.1. The van der Waals surface area contributed by atoms with Crippen LogP contribution in [0.2, 0.25) is 0 Å². The zero-order valence-electron chi connectivity index (χ0n) is 14.5. The second kappa shape index (κ2) is 8.98. The Morgan fingerprint density at radius 1 is 1.25 bits per heavy atom. The number of hydrogen-bond acceptors (Lipinski definition) is 7. The van der Waals surface area contributed by atoms with Crippen LogP contribution in [-0.2, 0) is 11.3 Å². The second-order valence-electron chi connectivity index (χ2n) is 5.49. The van der Waals surface area contributed by atoms with Crippen molar-refractivity contribution in [1.82, 2.24) is 9.88 Å². The molecule has 24 heavy (non-hydrogen) atoms. The third-order valence-electron chi connectivity index (χ3n) is 3.50. The molecule has 0 aliphatic rings. The highest BCUT2D eigenvalue weighted by molar-refractivity contribution is 7.13. The first-order valence-electron chi connectivity index (χ1n) is 7.60. The number of nitrogens with zero attached hydrogens (tertiary/aromatic N) is 2. The van der Waals surface area contributed by atoms with Crippen molar-refractivity contribution in [2.75, 3.05) is 41.5 Å². The molecule has 2 aromatic rings. The van der Waals surface area contributed by atoms with E-state index < -0.39 is 6.10 Å². The van der Waals surface area contributed by atoms with Crippen molar-refractivity contribution >= 4 is 11.3 Å². The zero-order chi connectivity index (χ0) is 17.5. The minimum atomic E-state index is -0.503. The van der Waals surface area contributed by atoms with E-state index in [0.717, 1.165) is 16.3 Å². The number of methoxy groups -OCH3 is 3. The third-order valence-corrected chi connectivity index (χ3v) is 4.42. The van der Waals surface area contributed by atoms with Gasteiger partial charge >= 0.3 is 0 Å². The van der Waals surface area contributed by atoms with Crippen molar-refractivity contribution in [2.45, 2.75) is 12.6 Å². The highest BCUT2D eigenvalue weighted by Crippen LogP contribution is 2.38. The molecule has 0 bridgehead atoms. The van der Waals surface area contributed by atoms with Crippen molar-refractivity contribution in [3.05, 3.63) is 29.3 Å². The Kier molecular flexibility index (Phi) is 6.99. The standard InChI is InChI=1S/C17H24N2O4S/c1-19(9-13(20)10-21-2)8-12-11-24-17(18-12)14-6-5-7-15(22-3)16(14)23-4/h5-7,11,13,20H,8-10H2,1-4H3. The average molecular weight is 352 g/mol. The molecule has 132 valence electrons. The number of benzene rings is 1. The Balaban J connectivity index is 2.11. The predicted octanol–water partition coefficient (Wildman–Crippen LogP) is 2.27. The summed E-state index contributed by atoms with van der Waals surface area (Å²) in [5.41, 5.74) is 1.86. The van der Waals surface area contributed by atoms with E-state index in [1.165, 1.54) is 0 Å². The van der Waals surface area contributed by atoms with Crippen molar-refractivity contribution in [2.24, 2.45) is 0 Å². The van der Waals surface area contributed by atoms with Gasteiger partial charge in [-0.2, -0.15) is 0 Å². The van der Waals surface area contributed by atoms with Gasteiger partial charge in [-0.05, 0) is 19.2 Å². The summed E-state index contributed by atoms with van der Waals surface area (Å²) in [6.07, 6.45) is -0.503. The summed E-state index contributed by atoms with van der Waals surface area (Å²) >= 11 is 1.56. The molecule has 1 heterocycles. The molecule has 0 amide bonds. The van der Waals surface area contributed by atoms with Gasteiger partial charge in [0.1, 0.15) is 5.01 Å². The maximum Gasteiger partial charge on any atom is 0.170 e. The average Bonchev–Trinajstić information content (AvgIpc) is 3.02. The van der Waals surface area contributed by atoms with Crippen LogP contribution in [0.15, 0.2) is 23.6 Å². The van der Waals surface area contributed by atoms with E-state index >= 15 is 0 Å². The molecule has 1 N–H and O–H groups in total. The second-order valence-corrected chi connectivity index (χ2v) is 6.35. The maximum absolute atomic E-state index is 9.79. The topological polar surface area (TPSA) is 64.1 Å². The number of rotatable bonds is 9. The van der Waals surface area contributed by atoms with Gasteiger partial charge in [0.15, 0.2) is 11.5 Å². The molecular formula is C17H24N2O4S. The maximum atomic E-state index is 9.79. The first-order valence-corrected chi connectivity index (χ1v) is 8.48. The molecule has 0 aliphatic heterocycles. The fraction of sp³-hybridized carbons (Fsp3) is 0.471. The lowest BCUT2D eigenvalue weighted by molar-refractivity contribution is 0.0417. The predicted molar refractivity (Wildman–Crippen MR) is 94.9 cm³/mol. The van der Waals surface area contributed by atoms with E-state index in [4.69, 9.17) is 14.2 Å². The van der Waals surface area contributed by atoms with E-state index in [9.17, 15) is 5.11 Å². The molecule has 1 aromatic carbocycles. The number of ether oxygens (including phenoxy) is 3. The minimum Gasteiger partial charge on any atom is -0.493 e. The van der Waals surface area contributed by atoms with Crippen LogP contribution in [0.25, 0.3) is 10.6 Å². The van der Waals surface area contributed by atoms with Gasteiger partial charge in [-0.15, -0.1) is 11.3 Å². The van der Waals surface area contributed by atoms with Crippen molar-refractivity contribution in [3.8, 4) is 22.1 Å². The Hall–Kier alpha value is -1.67. The molecule has 7 heteroatoms. The van der Waals surface area contributed by atoms with Crippen LogP contribution in [-0.4, -0.2) is 62.6 Å². The first kappa shape index (κ1) is 18.7. The molecule has 2 rings (SSSR count). The van der Waals surface area contributed by atoms with Gasteiger partial charge in [-0.25, -0.2) is 4.98 Å². The summed E-state index contributed by atoms with van der Waals surface area (Å²) in [4.78, 5) is 6.71. The molecule has 1 aromatic heterocycles. The number of thiazole rings is 1. The lowest BCUT2D eigenvalue weighted by Gasteiger charge is -2.18. The zero-order valence-corrected chi connectivity index (χ0v) is 15.3. The molecule has 1 unspecified atom stereocenters. The number of likely N-dealkylation sites (N-methyl/N-ethyl adjacent to an activating group) is 1. The molecule has 0 saturated carbocycles. The molecular weight excluding hydrogens is 328 g/mol. The monoisotopic (exact) mass is 352 g/mol. The minimum absolute atomic E-state index is 0.327. The van der Waals surface area contributed by atoms with Crippen LogP contribution in [0, 0.1) is 0 Å². The van der Waals surface area contributed by atoms with Crippen molar-refractivity contribution in [3.63, 3.8) is 0 Å². The Morgan fingerprint density at radius 3 is 2.71 bits per heavy atom. The fourth-order valence-corrected chi connectivity index (χ4v) is 3.34. The number of aliphatic hydroxyl groups excluding tert-OH is 1. The van der Waals surface area contributed by atoms with Crippen LogP contribution in [0.1, 0.15) is 5.69 Å². The molecule has 6 nitrogen and oxygen atoms in total. The van der Waals surface area contributed by atoms with Gasteiger partial charge < -0.3 is 19.3 Å². The normalized spacial score (nSPS) is 12.4. The molecule has 0 spiro atoms. The van der Waals surface area contributed by atoms with E-state index in [1.54, 1.807) is 32.7 Å². The van der Waals surface area contributed by atoms with Crippen molar-refractivity contribution in [1.29, 1.82) is 0 Å². The Morgan fingerprint density at radius 2 is 2.04 bits per heavy atom. The van der Waals surface area contributed by atoms with Gasteiger partial charge in [0.25, 0.3) is 0 Å². The lowest BCUT2D eigenvalue weighted by Crippen LogP contribution is -2.31. The fourth-order valence-electron chi connectivity index (χ4n) is 2.50. The van der Waals surface area contributed by atoms with Crippen LogP contribution >= 0.6 is 11.3 Å². The Labute approximate surface area is 146 Å². The van der Waals surface area contributed by atoms with Gasteiger partial charge in [0.05, 0.1) is 38.2 Å². The number of aliphatic hydroxyl groups is 1. The summed E-state index contributed by atoms with van der Waals surface area (Å²) in [6, 6.07) is 5.75. The first-order chi connectivity index (χ1) is 11.6. The van der Waals surface area contributed by atoms with Crippen molar-refractivity contribution < 1.29 is 19.3 Å². The summed E-state index contributed by atoms with van der Waals surface area (Å²) in [5, 5.41) is 12.7. The highest BCUT2D eigenvalue weighted by Gasteiger charge is 2.15.